The normalized spacial score (nSPS) is 11.5. The number of nitrogens with zero attached hydrogens (tertiary/aromatic N) is 1. The zero-order chi connectivity index (χ0) is 9.10. The fraction of sp³-hybridized carbons (Fsp3) is 0.100. The van der Waals surface area contributed by atoms with Crippen molar-refractivity contribution in [2.75, 3.05) is 5.33 Å². The highest BCUT2D eigenvalue weighted by atomic mass is 79.9. The zero-order valence-electron chi connectivity index (χ0n) is 6.90. The fourth-order valence-corrected chi connectivity index (χ4v) is 2.07. The Balaban J connectivity index is 2.42. The summed E-state index contributed by atoms with van der Waals surface area (Å²) in [7, 11) is 0. The molecule has 0 aliphatic heterocycles. The van der Waals surface area contributed by atoms with Crippen molar-refractivity contribution >= 4 is 43.6 Å². The van der Waals surface area contributed by atoms with Crippen molar-refractivity contribution in [2.45, 2.75) is 0 Å². The minimum atomic E-state index is 0.897. The van der Waals surface area contributed by atoms with Gasteiger partial charge >= 0.3 is 0 Å². The molecule has 2 rings (SSSR count). The van der Waals surface area contributed by atoms with Crippen molar-refractivity contribution < 1.29 is 0 Å². The molecule has 3 heteroatoms. The first kappa shape index (κ1) is 8.91. The number of hydrogen-bond acceptors (Lipinski definition) is 2. The summed E-state index contributed by atoms with van der Waals surface area (Å²) in [5, 5.41) is 0.897. The van der Waals surface area contributed by atoms with E-state index >= 15 is 0 Å². The van der Waals surface area contributed by atoms with Crippen molar-refractivity contribution in [1.82, 2.24) is 4.98 Å². The Morgan fingerprint density at radius 2 is 2.38 bits per heavy atom. The van der Waals surface area contributed by atoms with Gasteiger partial charge in [-0.1, -0.05) is 34.1 Å². The molecule has 0 saturated carbocycles. The molecule has 0 spiro atoms. The van der Waals surface area contributed by atoms with E-state index in [9.17, 15) is 0 Å². The number of allylic oxidation sites excluding steroid dienone is 1. The van der Waals surface area contributed by atoms with Gasteiger partial charge in [-0.25, -0.2) is 4.98 Å². The maximum atomic E-state index is 4.23. The first-order valence-corrected chi connectivity index (χ1v) is 5.96. The van der Waals surface area contributed by atoms with Gasteiger partial charge in [0.1, 0.15) is 0 Å². The second-order valence-electron chi connectivity index (χ2n) is 2.64. The predicted molar refractivity (Wildman–Crippen MR) is 62.4 cm³/mol. The minimum Gasteiger partial charge on any atom is -0.245 e. The Kier molecular flexibility index (Phi) is 2.76. The molecule has 2 aromatic rings. The Bertz CT molecular complexity index is 433. The van der Waals surface area contributed by atoms with E-state index in [0.717, 1.165) is 10.8 Å². The second-order valence-corrected chi connectivity index (χ2v) is 4.17. The Morgan fingerprint density at radius 3 is 3.23 bits per heavy atom. The van der Waals surface area contributed by atoms with Crippen LogP contribution in [0.3, 0.4) is 0 Å². The lowest BCUT2D eigenvalue weighted by Crippen LogP contribution is -1.72. The molecule has 0 atom stereocenters. The highest BCUT2D eigenvalue weighted by Crippen LogP contribution is 2.19. The van der Waals surface area contributed by atoms with Crippen molar-refractivity contribution in [3.05, 3.63) is 35.3 Å². The molecule has 0 N–H and O–H groups in total. The molecule has 0 aliphatic rings. The summed E-state index contributed by atoms with van der Waals surface area (Å²) in [6.45, 7) is 0. The molecule has 0 bridgehead atoms. The van der Waals surface area contributed by atoms with Crippen LogP contribution in [0.25, 0.3) is 16.3 Å². The molecular weight excluding hydrogens is 246 g/mol. The zero-order valence-corrected chi connectivity index (χ0v) is 9.31. The number of aromatic nitrogens is 1. The van der Waals surface area contributed by atoms with Crippen LogP contribution in [0.1, 0.15) is 5.56 Å². The van der Waals surface area contributed by atoms with Crippen LogP contribution in [0, 0.1) is 0 Å². The van der Waals surface area contributed by atoms with E-state index in [1.807, 2.05) is 5.51 Å². The third-order valence-corrected chi connectivity index (χ3v) is 2.92. The van der Waals surface area contributed by atoms with E-state index in [2.05, 4.69) is 51.3 Å². The molecule has 1 aromatic carbocycles. The molecule has 0 aliphatic carbocycles. The lowest BCUT2D eigenvalue weighted by molar-refractivity contribution is 1.50. The van der Waals surface area contributed by atoms with Gasteiger partial charge in [-0.3, -0.25) is 0 Å². The largest absolute Gasteiger partial charge is 0.245 e. The van der Waals surface area contributed by atoms with E-state index in [1.165, 1.54) is 10.3 Å². The number of rotatable bonds is 2. The summed E-state index contributed by atoms with van der Waals surface area (Å²) in [6.07, 6.45) is 4.19. The van der Waals surface area contributed by atoms with Gasteiger partial charge in [0, 0.05) is 5.33 Å². The standard InChI is InChI=1S/C10H8BrNS/c11-5-1-2-8-3-4-9-10(6-8)13-7-12-9/h1-4,6-7H,5H2. The number of hydrogen-bond donors (Lipinski definition) is 0. The summed E-state index contributed by atoms with van der Waals surface area (Å²) in [4.78, 5) is 4.23. The Hall–Kier alpha value is -0.670. The van der Waals surface area contributed by atoms with Crippen LogP contribution < -0.4 is 0 Å². The lowest BCUT2D eigenvalue weighted by atomic mass is 10.2. The predicted octanol–water partition coefficient (Wildman–Crippen LogP) is 3.70. The highest BCUT2D eigenvalue weighted by Gasteiger charge is 1.95. The summed E-state index contributed by atoms with van der Waals surface area (Å²) >= 11 is 5.03. The number of benzene rings is 1. The third-order valence-electron chi connectivity index (χ3n) is 1.75. The summed E-state index contributed by atoms with van der Waals surface area (Å²) < 4.78 is 1.25. The van der Waals surface area contributed by atoms with Crippen LogP contribution in [-0.2, 0) is 0 Å². The summed E-state index contributed by atoms with van der Waals surface area (Å²) in [5.74, 6) is 0. The molecule has 1 heterocycles. The molecule has 0 saturated heterocycles. The van der Waals surface area contributed by atoms with E-state index in [0.29, 0.717) is 0 Å². The van der Waals surface area contributed by atoms with Gasteiger partial charge in [0.15, 0.2) is 0 Å². The maximum Gasteiger partial charge on any atom is 0.0812 e. The molecule has 0 radical (unpaired) electrons. The van der Waals surface area contributed by atoms with Gasteiger partial charge in [-0.15, -0.1) is 11.3 Å². The smallest absolute Gasteiger partial charge is 0.0812 e. The van der Waals surface area contributed by atoms with E-state index < -0.39 is 0 Å². The summed E-state index contributed by atoms with van der Waals surface area (Å²) in [6, 6.07) is 6.30. The quantitative estimate of drug-likeness (QED) is 0.744. The molecule has 66 valence electrons. The van der Waals surface area contributed by atoms with Crippen LogP contribution in [-0.4, -0.2) is 10.3 Å². The maximum absolute atomic E-state index is 4.23. The third kappa shape index (κ3) is 1.98. The SMILES string of the molecule is BrCC=Cc1ccc2ncsc2c1. The van der Waals surface area contributed by atoms with Gasteiger partial charge in [-0.2, -0.15) is 0 Å². The minimum absolute atomic E-state index is 0.897. The molecule has 0 amide bonds. The van der Waals surface area contributed by atoms with Gasteiger partial charge in [-0.05, 0) is 17.7 Å². The average molecular weight is 254 g/mol. The van der Waals surface area contributed by atoms with E-state index in [-0.39, 0.29) is 0 Å². The molecule has 1 nitrogen and oxygen atoms in total. The average Bonchev–Trinajstić information content (AvgIpc) is 2.61. The molecule has 13 heavy (non-hydrogen) atoms. The lowest BCUT2D eigenvalue weighted by Gasteiger charge is -1.92. The van der Waals surface area contributed by atoms with Crippen LogP contribution >= 0.6 is 27.3 Å². The van der Waals surface area contributed by atoms with Gasteiger partial charge in [0.05, 0.1) is 15.7 Å². The number of halogens is 1. The van der Waals surface area contributed by atoms with Crippen molar-refractivity contribution in [3.63, 3.8) is 0 Å². The highest BCUT2D eigenvalue weighted by molar-refractivity contribution is 9.09. The Morgan fingerprint density at radius 1 is 1.46 bits per heavy atom. The van der Waals surface area contributed by atoms with Crippen molar-refractivity contribution in [2.24, 2.45) is 0 Å². The van der Waals surface area contributed by atoms with Crippen LogP contribution in [0.2, 0.25) is 0 Å². The Labute approximate surface area is 89.2 Å². The number of alkyl halides is 1. The molecule has 0 unspecified atom stereocenters. The van der Waals surface area contributed by atoms with E-state index in [4.69, 9.17) is 0 Å². The monoisotopic (exact) mass is 253 g/mol. The van der Waals surface area contributed by atoms with Gasteiger partial charge < -0.3 is 0 Å². The second kappa shape index (κ2) is 4.03. The van der Waals surface area contributed by atoms with Gasteiger partial charge in [0.2, 0.25) is 0 Å². The number of fused-ring (bicyclic) bond motifs is 1. The van der Waals surface area contributed by atoms with E-state index in [1.54, 1.807) is 11.3 Å². The molecule has 0 fully saturated rings. The first-order chi connectivity index (χ1) is 6.40. The first-order valence-electron chi connectivity index (χ1n) is 3.96. The number of thiazole rings is 1. The van der Waals surface area contributed by atoms with Crippen LogP contribution in [0.5, 0.6) is 0 Å². The van der Waals surface area contributed by atoms with Crippen LogP contribution in [0.4, 0.5) is 0 Å². The topological polar surface area (TPSA) is 12.9 Å². The molecule has 1 aromatic heterocycles. The van der Waals surface area contributed by atoms with Crippen LogP contribution in [0.15, 0.2) is 29.8 Å². The van der Waals surface area contributed by atoms with Gasteiger partial charge in [0.25, 0.3) is 0 Å². The summed E-state index contributed by atoms with van der Waals surface area (Å²) in [5.41, 5.74) is 4.19. The fourth-order valence-electron chi connectivity index (χ4n) is 1.16. The molecular formula is C10H8BrNS. The van der Waals surface area contributed by atoms with Crippen molar-refractivity contribution in [3.8, 4) is 0 Å². The van der Waals surface area contributed by atoms with Crippen molar-refractivity contribution in [1.29, 1.82) is 0 Å².